The molecule has 0 saturated carbocycles. The quantitative estimate of drug-likeness (QED) is 0.890. The molecule has 2 aromatic rings. The summed E-state index contributed by atoms with van der Waals surface area (Å²) >= 11 is 0. The topological polar surface area (TPSA) is 52.0 Å². The molecule has 0 radical (unpaired) electrons. The Morgan fingerprint density at radius 1 is 1.33 bits per heavy atom. The lowest BCUT2D eigenvalue weighted by Crippen LogP contribution is -1.97. The smallest absolute Gasteiger partial charge is 0.230 e. The fourth-order valence-electron chi connectivity index (χ4n) is 2.13. The van der Waals surface area contributed by atoms with Gasteiger partial charge in [0.05, 0.1) is 11.3 Å². The Bertz CT molecular complexity index is 519. The maximum Gasteiger partial charge on any atom is 0.230 e. The zero-order valence-electron chi connectivity index (χ0n) is 10.6. The minimum absolute atomic E-state index is 0.267. The predicted octanol–water partition coefficient (Wildman–Crippen LogP) is 3.97. The SMILES string of the molecule is CCCC(C)c1noc(N)c1-c1ccc(F)cc1. The molecule has 1 atom stereocenters. The number of hydrogen-bond acceptors (Lipinski definition) is 3. The van der Waals surface area contributed by atoms with Gasteiger partial charge in [0.15, 0.2) is 0 Å². The summed E-state index contributed by atoms with van der Waals surface area (Å²) in [5, 5.41) is 4.04. The minimum Gasteiger partial charge on any atom is -0.367 e. The van der Waals surface area contributed by atoms with Crippen LogP contribution in [0.4, 0.5) is 10.3 Å². The number of aromatic nitrogens is 1. The fourth-order valence-corrected chi connectivity index (χ4v) is 2.13. The Kier molecular flexibility index (Phi) is 3.65. The number of anilines is 1. The Morgan fingerprint density at radius 2 is 2.00 bits per heavy atom. The molecule has 0 spiro atoms. The van der Waals surface area contributed by atoms with Crippen molar-refractivity contribution in [1.29, 1.82) is 0 Å². The number of nitrogens with zero attached hydrogens (tertiary/aromatic N) is 1. The van der Waals surface area contributed by atoms with E-state index >= 15 is 0 Å². The summed E-state index contributed by atoms with van der Waals surface area (Å²) < 4.78 is 18.0. The zero-order chi connectivity index (χ0) is 13.1. The van der Waals surface area contributed by atoms with E-state index in [0.29, 0.717) is 5.88 Å². The van der Waals surface area contributed by atoms with Gasteiger partial charge >= 0.3 is 0 Å². The number of halogens is 1. The molecule has 4 heteroatoms. The maximum absolute atomic E-state index is 12.9. The average molecular weight is 248 g/mol. The van der Waals surface area contributed by atoms with Crippen LogP contribution in [0.2, 0.25) is 0 Å². The predicted molar refractivity (Wildman–Crippen MR) is 69.6 cm³/mol. The first-order valence-corrected chi connectivity index (χ1v) is 6.14. The summed E-state index contributed by atoms with van der Waals surface area (Å²) in [7, 11) is 0. The van der Waals surface area contributed by atoms with Crippen LogP contribution in [0.3, 0.4) is 0 Å². The molecule has 0 amide bonds. The Morgan fingerprint density at radius 3 is 2.61 bits per heavy atom. The monoisotopic (exact) mass is 248 g/mol. The third-order valence-electron chi connectivity index (χ3n) is 3.07. The summed E-state index contributed by atoms with van der Waals surface area (Å²) in [4.78, 5) is 0. The molecule has 1 aromatic heterocycles. The first-order valence-electron chi connectivity index (χ1n) is 6.14. The maximum atomic E-state index is 12.9. The largest absolute Gasteiger partial charge is 0.367 e. The Labute approximate surface area is 106 Å². The molecule has 0 saturated heterocycles. The van der Waals surface area contributed by atoms with Gasteiger partial charge < -0.3 is 10.3 Å². The van der Waals surface area contributed by atoms with Crippen molar-refractivity contribution < 1.29 is 8.91 Å². The van der Waals surface area contributed by atoms with Gasteiger partial charge in [-0.1, -0.05) is 37.6 Å². The molecule has 0 aliphatic heterocycles. The van der Waals surface area contributed by atoms with Gasteiger partial charge in [-0.15, -0.1) is 0 Å². The van der Waals surface area contributed by atoms with Gasteiger partial charge in [0.2, 0.25) is 5.88 Å². The van der Waals surface area contributed by atoms with Gasteiger partial charge in [-0.05, 0) is 24.1 Å². The first-order chi connectivity index (χ1) is 8.63. The van der Waals surface area contributed by atoms with Crippen LogP contribution in [0.1, 0.15) is 38.3 Å². The third kappa shape index (κ3) is 2.37. The fraction of sp³-hybridized carbons (Fsp3) is 0.357. The number of benzene rings is 1. The van der Waals surface area contributed by atoms with Gasteiger partial charge in [0.25, 0.3) is 0 Å². The minimum atomic E-state index is -0.267. The molecular weight excluding hydrogens is 231 g/mol. The third-order valence-corrected chi connectivity index (χ3v) is 3.07. The molecule has 3 nitrogen and oxygen atoms in total. The zero-order valence-corrected chi connectivity index (χ0v) is 10.6. The molecule has 2 N–H and O–H groups in total. The summed E-state index contributed by atoms with van der Waals surface area (Å²) in [6, 6.07) is 6.22. The van der Waals surface area contributed by atoms with E-state index in [0.717, 1.165) is 29.7 Å². The summed E-state index contributed by atoms with van der Waals surface area (Å²) in [5.41, 5.74) is 8.30. The van der Waals surface area contributed by atoms with Crippen molar-refractivity contribution in [3.05, 3.63) is 35.8 Å². The molecule has 18 heavy (non-hydrogen) atoms. The molecule has 2 rings (SSSR count). The van der Waals surface area contributed by atoms with Gasteiger partial charge in [-0.2, -0.15) is 0 Å². The molecule has 0 aliphatic carbocycles. The van der Waals surface area contributed by atoms with Crippen molar-refractivity contribution in [3.63, 3.8) is 0 Å². The summed E-state index contributed by atoms with van der Waals surface area (Å²) in [5.74, 6) is 0.299. The van der Waals surface area contributed by atoms with E-state index in [1.165, 1.54) is 12.1 Å². The Balaban J connectivity index is 2.43. The normalized spacial score (nSPS) is 12.6. The van der Waals surface area contributed by atoms with Crippen LogP contribution in [0.15, 0.2) is 28.8 Å². The van der Waals surface area contributed by atoms with Crippen molar-refractivity contribution >= 4 is 5.88 Å². The highest BCUT2D eigenvalue weighted by molar-refractivity contribution is 5.75. The van der Waals surface area contributed by atoms with Crippen molar-refractivity contribution in [2.75, 3.05) is 5.73 Å². The van der Waals surface area contributed by atoms with E-state index in [9.17, 15) is 4.39 Å². The lowest BCUT2D eigenvalue weighted by molar-refractivity contribution is 0.419. The van der Waals surface area contributed by atoms with E-state index < -0.39 is 0 Å². The molecule has 1 heterocycles. The molecule has 0 fully saturated rings. The van der Waals surface area contributed by atoms with E-state index in [1.807, 2.05) is 0 Å². The van der Waals surface area contributed by atoms with Crippen molar-refractivity contribution in [2.45, 2.75) is 32.6 Å². The lowest BCUT2D eigenvalue weighted by Gasteiger charge is -2.09. The Hall–Kier alpha value is -1.84. The number of nitrogens with two attached hydrogens (primary N) is 1. The van der Waals surface area contributed by atoms with Crippen LogP contribution < -0.4 is 5.73 Å². The molecular formula is C14H17FN2O. The lowest BCUT2D eigenvalue weighted by atomic mass is 9.95. The van der Waals surface area contributed by atoms with Crippen LogP contribution in [0, 0.1) is 5.82 Å². The van der Waals surface area contributed by atoms with Gasteiger partial charge in [0, 0.05) is 5.92 Å². The van der Waals surface area contributed by atoms with Crippen LogP contribution >= 0.6 is 0 Å². The van der Waals surface area contributed by atoms with Crippen molar-refractivity contribution in [2.24, 2.45) is 0 Å². The molecule has 0 bridgehead atoms. The molecule has 96 valence electrons. The highest BCUT2D eigenvalue weighted by atomic mass is 19.1. The number of hydrogen-bond donors (Lipinski definition) is 1. The standard InChI is InChI=1S/C14H17FN2O/c1-3-4-9(2)13-12(14(16)18-17-13)10-5-7-11(15)8-6-10/h5-9H,3-4,16H2,1-2H3. The van der Waals surface area contributed by atoms with Crippen molar-refractivity contribution in [1.82, 2.24) is 5.16 Å². The van der Waals surface area contributed by atoms with Crippen LogP contribution in [0.5, 0.6) is 0 Å². The second kappa shape index (κ2) is 5.21. The van der Waals surface area contributed by atoms with E-state index in [1.54, 1.807) is 12.1 Å². The number of rotatable bonds is 4. The van der Waals surface area contributed by atoms with Gasteiger partial charge in [-0.25, -0.2) is 4.39 Å². The van der Waals surface area contributed by atoms with E-state index in [2.05, 4.69) is 19.0 Å². The van der Waals surface area contributed by atoms with Crippen LogP contribution in [-0.4, -0.2) is 5.16 Å². The number of nitrogen functional groups attached to an aromatic ring is 1. The molecule has 0 aliphatic rings. The summed E-state index contributed by atoms with van der Waals surface area (Å²) in [6.45, 7) is 4.21. The van der Waals surface area contributed by atoms with Crippen molar-refractivity contribution in [3.8, 4) is 11.1 Å². The average Bonchev–Trinajstić information content (AvgIpc) is 2.73. The summed E-state index contributed by atoms with van der Waals surface area (Å²) in [6.07, 6.45) is 2.08. The molecule has 1 unspecified atom stereocenters. The van der Waals surface area contributed by atoms with E-state index in [4.69, 9.17) is 10.3 Å². The highest BCUT2D eigenvalue weighted by Crippen LogP contribution is 2.35. The van der Waals surface area contributed by atoms with Crippen LogP contribution in [-0.2, 0) is 0 Å². The van der Waals surface area contributed by atoms with Gasteiger partial charge in [0.1, 0.15) is 5.82 Å². The highest BCUT2D eigenvalue weighted by Gasteiger charge is 2.20. The van der Waals surface area contributed by atoms with E-state index in [-0.39, 0.29) is 11.7 Å². The second-order valence-electron chi connectivity index (χ2n) is 4.50. The van der Waals surface area contributed by atoms with Gasteiger partial charge in [-0.3, -0.25) is 0 Å². The van der Waals surface area contributed by atoms with Crippen LogP contribution in [0.25, 0.3) is 11.1 Å². The molecule has 1 aromatic carbocycles. The second-order valence-corrected chi connectivity index (χ2v) is 4.50. The first kappa shape index (κ1) is 12.6.